The van der Waals surface area contributed by atoms with Crippen LogP contribution in [0.3, 0.4) is 0 Å². The third-order valence-corrected chi connectivity index (χ3v) is 7.61. The molecule has 1 aromatic rings. The molecule has 8 nitrogen and oxygen atoms in total. The average molecular weight is 481 g/mol. The van der Waals surface area contributed by atoms with E-state index in [9.17, 15) is 9.59 Å². The maximum atomic E-state index is 13.0. The Morgan fingerprint density at radius 1 is 1.21 bits per heavy atom. The lowest BCUT2D eigenvalue weighted by Crippen LogP contribution is -2.44. The minimum Gasteiger partial charge on any atom is -0.390 e. The first-order valence-corrected chi connectivity index (χ1v) is 12.4. The van der Waals surface area contributed by atoms with Gasteiger partial charge in [-0.15, -0.1) is 11.8 Å². The molecule has 1 aromatic carbocycles. The van der Waals surface area contributed by atoms with Crippen molar-refractivity contribution in [3.63, 3.8) is 0 Å². The normalized spacial score (nSPS) is 25.6. The highest BCUT2D eigenvalue weighted by molar-refractivity contribution is 8.04. The Kier molecular flexibility index (Phi) is 7.31. The number of carbonyl (C=O) groups excluding carboxylic acids is 2. The monoisotopic (exact) mass is 480 g/mol. The molecule has 3 aliphatic heterocycles. The number of thioether (sulfide) groups is 1. The van der Waals surface area contributed by atoms with Gasteiger partial charge in [-0.2, -0.15) is 0 Å². The van der Waals surface area contributed by atoms with Crippen LogP contribution in [0.1, 0.15) is 30.5 Å². The molecule has 9 heteroatoms. The van der Waals surface area contributed by atoms with Gasteiger partial charge in [-0.25, -0.2) is 4.99 Å². The van der Waals surface area contributed by atoms with E-state index in [1.54, 1.807) is 11.8 Å². The van der Waals surface area contributed by atoms with Crippen LogP contribution in [-0.2, 0) is 9.59 Å². The van der Waals surface area contributed by atoms with Crippen LogP contribution < -0.4 is 27.0 Å². The Morgan fingerprint density at radius 3 is 2.71 bits per heavy atom. The molecule has 0 aliphatic carbocycles. The number of hydrogen-bond donors (Lipinski definition) is 5. The quantitative estimate of drug-likeness (QED) is 0.406. The van der Waals surface area contributed by atoms with Crippen LogP contribution in [0.15, 0.2) is 63.5 Å². The number of rotatable bonds is 7. The van der Waals surface area contributed by atoms with Gasteiger partial charge in [-0.1, -0.05) is 42.8 Å². The molecule has 180 valence electrons. The van der Waals surface area contributed by atoms with E-state index in [0.29, 0.717) is 24.0 Å². The lowest BCUT2D eigenvalue weighted by Gasteiger charge is -2.34. The smallest absolute Gasteiger partial charge is 0.269 e. The third-order valence-electron chi connectivity index (χ3n) is 6.31. The Bertz CT molecular complexity index is 1080. The summed E-state index contributed by atoms with van der Waals surface area (Å²) in [5, 5.41) is 12.4. The summed E-state index contributed by atoms with van der Waals surface area (Å²) in [6.45, 7) is 4.55. The van der Waals surface area contributed by atoms with E-state index in [-0.39, 0.29) is 35.6 Å². The molecule has 3 heterocycles. The topological polar surface area (TPSA) is 121 Å². The molecule has 3 unspecified atom stereocenters. The number of allylic oxidation sites excluding steroid dienone is 2. The maximum absolute atomic E-state index is 13.0. The first-order valence-electron chi connectivity index (χ1n) is 11.5. The Morgan fingerprint density at radius 2 is 1.97 bits per heavy atom. The van der Waals surface area contributed by atoms with Crippen molar-refractivity contribution < 1.29 is 9.59 Å². The summed E-state index contributed by atoms with van der Waals surface area (Å²) >= 11 is 1.68. The lowest BCUT2D eigenvalue weighted by atomic mass is 9.86. The van der Waals surface area contributed by atoms with Gasteiger partial charge < -0.3 is 27.0 Å². The molecule has 3 aliphatic rings. The number of fused-ring (bicyclic) bond motifs is 1. The number of hydrogen-bond acceptors (Lipinski definition) is 7. The summed E-state index contributed by atoms with van der Waals surface area (Å²) in [4.78, 5) is 30.6. The van der Waals surface area contributed by atoms with Gasteiger partial charge >= 0.3 is 0 Å². The molecular formula is C25H32N6O2S. The predicted octanol–water partition coefficient (Wildman–Crippen LogP) is 1.83. The average Bonchev–Trinajstić information content (AvgIpc) is 3.23. The summed E-state index contributed by atoms with van der Waals surface area (Å²) in [5.41, 5.74) is 9.43. The molecule has 4 rings (SSSR count). The molecule has 34 heavy (non-hydrogen) atoms. The second kappa shape index (κ2) is 10.4. The molecule has 0 bridgehead atoms. The highest BCUT2D eigenvalue weighted by Crippen LogP contribution is 2.38. The number of nitrogens with zero attached hydrogens (tertiary/aromatic N) is 1. The van der Waals surface area contributed by atoms with Crippen molar-refractivity contribution in [3.8, 4) is 0 Å². The minimum atomic E-state index is -0.291. The second-order valence-electron chi connectivity index (χ2n) is 8.94. The third kappa shape index (κ3) is 5.47. The van der Waals surface area contributed by atoms with Crippen LogP contribution in [0.25, 0.3) is 0 Å². The van der Waals surface area contributed by atoms with Gasteiger partial charge in [-0.3, -0.25) is 9.59 Å². The fourth-order valence-electron chi connectivity index (χ4n) is 4.40. The van der Waals surface area contributed by atoms with Gasteiger partial charge in [0.25, 0.3) is 5.91 Å². The van der Waals surface area contributed by atoms with Gasteiger partial charge in [0.15, 0.2) is 0 Å². The number of aliphatic imine (C=N–C) groups is 1. The summed E-state index contributed by atoms with van der Waals surface area (Å²) < 4.78 is 0. The lowest BCUT2D eigenvalue weighted by molar-refractivity contribution is -0.124. The number of benzene rings is 1. The minimum absolute atomic E-state index is 0.0220. The van der Waals surface area contributed by atoms with Crippen molar-refractivity contribution in [1.29, 1.82) is 0 Å². The first kappa shape index (κ1) is 23.9. The Hall–Kier alpha value is -3.20. The van der Waals surface area contributed by atoms with Gasteiger partial charge in [-0.05, 0) is 30.9 Å². The molecular weight excluding hydrogens is 448 g/mol. The van der Waals surface area contributed by atoms with Crippen molar-refractivity contribution in [2.75, 3.05) is 20.1 Å². The molecule has 6 N–H and O–H groups in total. The van der Waals surface area contributed by atoms with E-state index in [2.05, 4.69) is 70.4 Å². The summed E-state index contributed by atoms with van der Waals surface area (Å²) in [7, 11) is 1.81. The number of aryl methyl sites for hydroxylation is 1. The number of carbonyl (C=O) groups is 2. The van der Waals surface area contributed by atoms with Crippen LogP contribution in [-0.4, -0.2) is 43.4 Å². The SMILES string of the molecule is CNC1=C(C(=O)NCC(=O)NCC2=CC3C=NC(N)=CC3S2)N[C@H](c2ccc(C)cc2)C(C)C1. The van der Waals surface area contributed by atoms with E-state index >= 15 is 0 Å². The fourth-order valence-corrected chi connectivity index (χ4v) is 5.65. The van der Waals surface area contributed by atoms with E-state index < -0.39 is 0 Å². The zero-order valence-electron chi connectivity index (χ0n) is 19.7. The fraction of sp³-hybridized carbons (Fsp3) is 0.400. The van der Waals surface area contributed by atoms with Crippen molar-refractivity contribution in [3.05, 3.63) is 69.7 Å². The largest absolute Gasteiger partial charge is 0.390 e. The van der Waals surface area contributed by atoms with Gasteiger partial charge in [0.2, 0.25) is 5.91 Å². The van der Waals surface area contributed by atoms with Gasteiger partial charge in [0.1, 0.15) is 11.5 Å². The number of nitrogens with one attached hydrogen (secondary N) is 4. The van der Waals surface area contributed by atoms with Crippen molar-refractivity contribution in [2.45, 2.75) is 31.6 Å². The Balaban J connectivity index is 1.31. The second-order valence-corrected chi connectivity index (χ2v) is 10.2. The van der Waals surface area contributed by atoms with Crippen molar-refractivity contribution in [2.24, 2.45) is 22.6 Å². The Labute approximate surface area is 204 Å². The van der Waals surface area contributed by atoms with Crippen LogP contribution in [0.2, 0.25) is 0 Å². The molecule has 0 fully saturated rings. The summed E-state index contributed by atoms with van der Waals surface area (Å²) in [5.74, 6) is 0.513. The van der Waals surface area contributed by atoms with E-state index in [0.717, 1.165) is 22.6 Å². The van der Waals surface area contributed by atoms with Crippen LogP contribution in [0, 0.1) is 18.8 Å². The summed E-state index contributed by atoms with van der Waals surface area (Å²) in [6.07, 6.45) is 6.63. The first-order chi connectivity index (χ1) is 16.3. The summed E-state index contributed by atoms with van der Waals surface area (Å²) in [6, 6.07) is 8.37. The highest BCUT2D eigenvalue weighted by Gasteiger charge is 2.31. The maximum Gasteiger partial charge on any atom is 0.269 e. The number of amides is 2. The van der Waals surface area contributed by atoms with Crippen LogP contribution in [0.5, 0.6) is 0 Å². The van der Waals surface area contributed by atoms with Gasteiger partial charge in [0.05, 0.1) is 12.6 Å². The van der Waals surface area contributed by atoms with Crippen LogP contribution in [0.4, 0.5) is 0 Å². The zero-order chi connectivity index (χ0) is 24.2. The van der Waals surface area contributed by atoms with Crippen molar-refractivity contribution >= 4 is 29.8 Å². The van der Waals surface area contributed by atoms with Crippen LogP contribution >= 0.6 is 11.8 Å². The molecule has 2 amide bonds. The van der Waals surface area contributed by atoms with Crippen molar-refractivity contribution in [1.82, 2.24) is 21.3 Å². The standard InChI is InChI=1S/C25H32N6O2S/c1-14-4-6-16(7-5-14)23-15(2)8-19(27-3)24(31-23)25(33)30-13-22(32)29-12-18-9-17-11-28-21(26)10-20(17)34-18/h4-7,9-11,15,17,20,23,27,31H,8,12-13,26H2,1-3H3,(H,29,32)(H,30,33)/t15?,17?,20?,23-/m0/s1. The van der Waals surface area contributed by atoms with E-state index in [1.165, 1.54) is 5.56 Å². The number of nitrogens with two attached hydrogens (primary N) is 1. The molecule has 4 atom stereocenters. The molecule has 0 saturated carbocycles. The van der Waals surface area contributed by atoms with Gasteiger partial charge in [0, 0.05) is 41.6 Å². The van der Waals surface area contributed by atoms with E-state index in [4.69, 9.17) is 5.73 Å². The molecule has 0 spiro atoms. The predicted molar refractivity (Wildman–Crippen MR) is 137 cm³/mol. The molecule has 0 saturated heterocycles. The highest BCUT2D eigenvalue weighted by atomic mass is 32.2. The van der Waals surface area contributed by atoms with E-state index in [1.807, 2.05) is 19.3 Å². The molecule has 0 radical (unpaired) electrons. The zero-order valence-corrected chi connectivity index (χ0v) is 20.5. The molecule has 0 aromatic heterocycles.